The van der Waals surface area contributed by atoms with Crippen LogP contribution in [-0.4, -0.2) is 47.9 Å². The Morgan fingerprint density at radius 1 is 1.09 bits per heavy atom. The highest BCUT2D eigenvalue weighted by Gasteiger charge is 2.35. The van der Waals surface area contributed by atoms with Crippen molar-refractivity contribution in [2.24, 2.45) is 5.92 Å². The van der Waals surface area contributed by atoms with Crippen molar-refractivity contribution in [2.45, 2.75) is 19.4 Å². The highest BCUT2D eigenvalue weighted by molar-refractivity contribution is 6.31. The lowest BCUT2D eigenvalue weighted by Crippen LogP contribution is -2.53. The Balaban J connectivity index is 1.45. The summed E-state index contributed by atoms with van der Waals surface area (Å²) in [7, 11) is 0. The zero-order valence-electron chi connectivity index (χ0n) is 12.4. The number of benzene rings is 1. The Morgan fingerprint density at radius 2 is 1.73 bits per heavy atom. The highest BCUT2D eigenvalue weighted by atomic mass is 35.5. The monoisotopic (exact) mass is 321 g/mol. The molecule has 2 aliphatic rings. The van der Waals surface area contributed by atoms with E-state index in [1.807, 2.05) is 29.2 Å². The number of rotatable bonds is 3. The van der Waals surface area contributed by atoms with Gasteiger partial charge in [-0.05, 0) is 24.5 Å². The summed E-state index contributed by atoms with van der Waals surface area (Å²) in [6.45, 7) is 2.86. The van der Waals surface area contributed by atoms with Crippen LogP contribution in [0.5, 0.6) is 0 Å². The number of hydrogen-bond acceptors (Lipinski definition) is 2. The van der Waals surface area contributed by atoms with Crippen LogP contribution in [0, 0.1) is 5.92 Å². The lowest BCUT2D eigenvalue weighted by atomic mass is 10.2. The average Bonchev–Trinajstić information content (AvgIpc) is 3.38. The van der Waals surface area contributed by atoms with E-state index in [9.17, 15) is 9.59 Å². The Bertz CT molecular complexity index is 566. The van der Waals surface area contributed by atoms with Crippen molar-refractivity contribution in [3.8, 4) is 0 Å². The molecule has 118 valence electrons. The van der Waals surface area contributed by atoms with Crippen molar-refractivity contribution in [1.29, 1.82) is 0 Å². The molecule has 0 radical (unpaired) electrons. The predicted octanol–water partition coefficient (Wildman–Crippen LogP) is 2.10. The minimum atomic E-state index is -0.0987. The van der Waals surface area contributed by atoms with E-state index in [1.54, 1.807) is 4.90 Å². The fraction of sp³-hybridized carbons (Fsp3) is 0.500. The van der Waals surface area contributed by atoms with Gasteiger partial charge in [0.25, 0.3) is 0 Å². The van der Waals surface area contributed by atoms with Gasteiger partial charge in [-0.1, -0.05) is 29.8 Å². The molecule has 1 aliphatic carbocycles. The van der Waals surface area contributed by atoms with Crippen LogP contribution in [0.1, 0.15) is 18.4 Å². The minimum Gasteiger partial charge on any atom is -0.339 e. The van der Waals surface area contributed by atoms with Crippen molar-refractivity contribution in [3.63, 3.8) is 0 Å². The minimum absolute atomic E-state index is 0.0987. The summed E-state index contributed by atoms with van der Waals surface area (Å²) in [5.41, 5.74) is 0.903. The molecule has 3 rings (SSSR count). The molecule has 1 aromatic carbocycles. The molecule has 0 bridgehead atoms. The molecule has 6 heteroatoms. The SMILES string of the molecule is O=C(NCc1ccccc1Cl)N1CCN(C(=O)C2CC2)CC1. The zero-order valence-corrected chi connectivity index (χ0v) is 13.2. The van der Waals surface area contributed by atoms with E-state index >= 15 is 0 Å². The lowest BCUT2D eigenvalue weighted by molar-refractivity contribution is -0.133. The molecule has 0 unspecified atom stereocenters. The van der Waals surface area contributed by atoms with Crippen molar-refractivity contribution in [3.05, 3.63) is 34.9 Å². The van der Waals surface area contributed by atoms with Crippen LogP contribution in [0.15, 0.2) is 24.3 Å². The molecule has 5 nitrogen and oxygen atoms in total. The van der Waals surface area contributed by atoms with Crippen LogP contribution in [0.4, 0.5) is 4.79 Å². The summed E-state index contributed by atoms with van der Waals surface area (Å²) in [5.74, 6) is 0.511. The second-order valence-electron chi connectivity index (χ2n) is 5.84. The molecule has 0 atom stereocenters. The zero-order chi connectivity index (χ0) is 15.5. The first kappa shape index (κ1) is 15.2. The average molecular weight is 322 g/mol. The van der Waals surface area contributed by atoms with Gasteiger partial charge in [-0.15, -0.1) is 0 Å². The van der Waals surface area contributed by atoms with Crippen molar-refractivity contribution in [1.82, 2.24) is 15.1 Å². The van der Waals surface area contributed by atoms with Crippen LogP contribution >= 0.6 is 11.6 Å². The summed E-state index contributed by atoms with van der Waals surface area (Å²) in [6.07, 6.45) is 2.05. The van der Waals surface area contributed by atoms with Crippen LogP contribution < -0.4 is 5.32 Å². The number of nitrogens with one attached hydrogen (secondary N) is 1. The number of amides is 3. The van der Waals surface area contributed by atoms with Gasteiger partial charge in [-0.25, -0.2) is 4.79 Å². The first-order valence-electron chi connectivity index (χ1n) is 7.70. The van der Waals surface area contributed by atoms with E-state index in [1.165, 1.54) is 0 Å². The second kappa shape index (κ2) is 6.57. The van der Waals surface area contributed by atoms with Gasteiger partial charge in [-0.3, -0.25) is 4.79 Å². The summed E-state index contributed by atoms with van der Waals surface area (Å²) in [4.78, 5) is 27.8. The van der Waals surface area contributed by atoms with Crippen molar-refractivity contribution in [2.75, 3.05) is 26.2 Å². The summed E-state index contributed by atoms with van der Waals surface area (Å²) >= 11 is 6.07. The third-order valence-electron chi connectivity index (χ3n) is 4.19. The summed E-state index contributed by atoms with van der Waals surface area (Å²) in [6, 6.07) is 7.37. The van der Waals surface area contributed by atoms with E-state index in [0.29, 0.717) is 37.7 Å². The molecule has 1 heterocycles. The fourth-order valence-corrected chi connectivity index (χ4v) is 2.85. The van der Waals surface area contributed by atoms with Gasteiger partial charge in [0.05, 0.1) is 0 Å². The van der Waals surface area contributed by atoms with Gasteiger partial charge in [-0.2, -0.15) is 0 Å². The Hall–Kier alpha value is -1.75. The molecule has 3 amide bonds. The molecule has 1 saturated carbocycles. The molecule has 22 heavy (non-hydrogen) atoms. The van der Waals surface area contributed by atoms with Crippen LogP contribution in [0.2, 0.25) is 5.02 Å². The van der Waals surface area contributed by atoms with E-state index in [4.69, 9.17) is 11.6 Å². The van der Waals surface area contributed by atoms with Gasteiger partial charge >= 0.3 is 6.03 Å². The summed E-state index contributed by atoms with van der Waals surface area (Å²) in [5, 5.41) is 3.54. The highest BCUT2D eigenvalue weighted by Crippen LogP contribution is 2.31. The van der Waals surface area contributed by atoms with E-state index < -0.39 is 0 Å². The molecular weight excluding hydrogens is 302 g/mol. The van der Waals surface area contributed by atoms with E-state index in [-0.39, 0.29) is 17.9 Å². The summed E-state index contributed by atoms with van der Waals surface area (Å²) < 4.78 is 0. The third kappa shape index (κ3) is 3.53. The van der Waals surface area contributed by atoms with Gasteiger partial charge in [0.2, 0.25) is 5.91 Å². The topological polar surface area (TPSA) is 52.7 Å². The largest absolute Gasteiger partial charge is 0.339 e. The Labute approximate surface area is 135 Å². The molecule has 1 aliphatic heterocycles. The Kier molecular flexibility index (Phi) is 4.52. The third-order valence-corrected chi connectivity index (χ3v) is 4.56. The smallest absolute Gasteiger partial charge is 0.317 e. The van der Waals surface area contributed by atoms with Crippen LogP contribution in [-0.2, 0) is 11.3 Å². The van der Waals surface area contributed by atoms with Gasteiger partial charge in [0, 0.05) is 43.7 Å². The number of carbonyl (C=O) groups is 2. The molecule has 0 aromatic heterocycles. The number of piperazine rings is 1. The quantitative estimate of drug-likeness (QED) is 0.927. The van der Waals surface area contributed by atoms with Gasteiger partial charge in [0.1, 0.15) is 0 Å². The maximum atomic E-state index is 12.2. The molecule has 1 saturated heterocycles. The number of hydrogen-bond donors (Lipinski definition) is 1. The fourth-order valence-electron chi connectivity index (χ4n) is 2.64. The predicted molar refractivity (Wildman–Crippen MR) is 84.6 cm³/mol. The van der Waals surface area contributed by atoms with E-state index in [0.717, 1.165) is 18.4 Å². The number of nitrogens with zero attached hydrogens (tertiary/aromatic N) is 2. The van der Waals surface area contributed by atoms with Crippen molar-refractivity contribution >= 4 is 23.5 Å². The van der Waals surface area contributed by atoms with Gasteiger partial charge < -0.3 is 15.1 Å². The second-order valence-corrected chi connectivity index (χ2v) is 6.24. The standard InChI is InChI=1S/C16H20ClN3O2/c17-14-4-2-1-3-13(14)11-18-16(22)20-9-7-19(8-10-20)15(21)12-5-6-12/h1-4,12H,5-11H2,(H,18,22). The molecule has 0 spiro atoms. The van der Waals surface area contributed by atoms with Crippen molar-refractivity contribution < 1.29 is 9.59 Å². The number of halogens is 1. The lowest BCUT2D eigenvalue weighted by Gasteiger charge is -2.34. The number of carbonyl (C=O) groups excluding carboxylic acids is 2. The normalized spacial score (nSPS) is 18.2. The number of urea groups is 1. The maximum Gasteiger partial charge on any atom is 0.317 e. The van der Waals surface area contributed by atoms with E-state index in [2.05, 4.69) is 5.32 Å². The first-order chi connectivity index (χ1) is 10.6. The molecule has 2 fully saturated rings. The maximum absolute atomic E-state index is 12.2. The van der Waals surface area contributed by atoms with Crippen LogP contribution in [0.25, 0.3) is 0 Å². The molecular formula is C16H20ClN3O2. The molecule has 1 aromatic rings. The van der Waals surface area contributed by atoms with Crippen LogP contribution in [0.3, 0.4) is 0 Å². The Morgan fingerprint density at radius 3 is 2.36 bits per heavy atom. The first-order valence-corrected chi connectivity index (χ1v) is 8.08. The van der Waals surface area contributed by atoms with Gasteiger partial charge in [0.15, 0.2) is 0 Å². The molecule has 1 N–H and O–H groups in total.